The molecule has 4 nitrogen and oxygen atoms in total. The molecule has 2 aromatic rings. The highest BCUT2D eigenvalue weighted by molar-refractivity contribution is 5.44. The molecule has 0 spiro atoms. The van der Waals surface area contributed by atoms with Crippen LogP contribution in [0.2, 0.25) is 0 Å². The molecule has 0 saturated carbocycles. The van der Waals surface area contributed by atoms with E-state index in [9.17, 15) is 4.39 Å². The summed E-state index contributed by atoms with van der Waals surface area (Å²) in [6.45, 7) is 0. The van der Waals surface area contributed by atoms with Crippen molar-refractivity contribution in [3.63, 3.8) is 0 Å². The Morgan fingerprint density at radius 3 is 2.53 bits per heavy atom. The smallest absolute Gasteiger partial charge is 0.224 e. The van der Waals surface area contributed by atoms with Crippen LogP contribution in [0.4, 0.5) is 16.2 Å². The molecule has 0 radical (unpaired) electrons. The normalized spacial score (nSPS) is 14.2. The summed E-state index contributed by atoms with van der Waals surface area (Å²) in [6.07, 6.45) is 2.98. The van der Waals surface area contributed by atoms with Crippen LogP contribution < -0.4 is 10.6 Å². The second-order valence-corrected chi connectivity index (χ2v) is 4.66. The van der Waals surface area contributed by atoms with E-state index >= 15 is 0 Å². The second kappa shape index (κ2) is 4.84. The maximum absolute atomic E-state index is 13.7. The van der Waals surface area contributed by atoms with Gasteiger partial charge in [0.15, 0.2) is 11.6 Å². The van der Waals surface area contributed by atoms with Crippen molar-refractivity contribution in [1.82, 2.24) is 9.97 Å². The number of hydrogen-bond acceptors (Lipinski definition) is 4. The maximum atomic E-state index is 13.7. The number of anilines is 2. The third-order valence-corrected chi connectivity index (χ3v) is 3.36. The van der Waals surface area contributed by atoms with Crippen molar-refractivity contribution in [1.29, 1.82) is 0 Å². The highest BCUT2D eigenvalue weighted by Gasteiger charge is 2.22. The van der Waals surface area contributed by atoms with Crippen LogP contribution in [0.15, 0.2) is 30.5 Å². The summed E-state index contributed by atoms with van der Waals surface area (Å²) in [6, 6.07) is 8.49. The van der Waals surface area contributed by atoms with Crippen molar-refractivity contribution < 1.29 is 4.39 Å². The molecule has 0 amide bonds. The summed E-state index contributed by atoms with van der Waals surface area (Å²) in [5, 5.41) is 5.97. The average Bonchev–Trinajstić information content (AvgIpc) is 2.83. The molecule has 0 aliphatic heterocycles. The van der Waals surface area contributed by atoms with E-state index in [0.717, 1.165) is 12.8 Å². The predicted octanol–water partition coefficient (Wildman–Crippen LogP) is 2.24. The standard InChI is InChI=1S/C14H15FN4/c1-16-14-17-8-12(15)13(19-14)18-11-6-9-4-2-3-5-10(9)7-11/h2-5,8,11H,6-7H2,1H3,(H2,16,17,18,19). The zero-order valence-electron chi connectivity index (χ0n) is 10.7. The monoisotopic (exact) mass is 258 g/mol. The molecule has 19 heavy (non-hydrogen) atoms. The van der Waals surface area contributed by atoms with Crippen LogP contribution in [0.1, 0.15) is 11.1 Å². The lowest BCUT2D eigenvalue weighted by Gasteiger charge is -2.13. The van der Waals surface area contributed by atoms with Crippen molar-refractivity contribution >= 4 is 11.8 Å². The van der Waals surface area contributed by atoms with Gasteiger partial charge < -0.3 is 10.6 Å². The largest absolute Gasteiger partial charge is 0.364 e. The fraction of sp³-hybridized carbons (Fsp3) is 0.286. The lowest BCUT2D eigenvalue weighted by Crippen LogP contribution is -2.21. The van der Waals surface area contributed by atoms with E-state index in [1.807, 2.05) is 12.1 Å². The van der Waals surface area contributed by atoms with Crippen molar-refractivity contribution in [2.45, 2.75) is 18.9 Å². The Hall–Kier alpha value is -2.17. The molecule has 1 aliphatic rings. The maximum Gasteiger partial charge on any atom is 0.224 e. The van der Waals surface area contributed by atoms with E-state index in [1.165, 1.54) is 17.3 Å². The minimum Gasteiger partial charge on any atom is -0.364 e. The zero-order chi connectivity index (χ0) is 13.2. The molecule has 98 valence electrons. The molecular weight excluding hydrogens is 243 g/mol. The van der Waals surface area contributed by atoms with Crippen molar-refractivity contribution in [3.8, 4) is 0 Å². The molecule has 0 saturated heterocycles. The Morgan fingerprint density at radius 2 is 1.89 bits per heavy atom. The van der Waals surface area contributed by atoms with Gasteiger partial charge in [0.1, 0.15) is 0 Å². The minimum atomic E-state index is -0.421. The van der Waals surface area contributed by atoms with Gasteiger partial charge in [-0.2, -0.15) is 4.98 Å². The quantitative estimate of drug-likeness (QED) is 0.886. The minimum absolute atomic E-state index is 0.187. The van der Waals surface area contributed by atoms with E-state index in [4.69, 9.17) is 0 Å². The topological polar surface area (TPSA) is 49.8 Å². The van der Waals surface area contributed by atoms with Crippen LogP contribution in [0.25, 0.3) is 0 Å². The number of nitrogens with one attached hydrogen (secondary N) is 2. The molecule has 1 heterocycles. The molecule has 2 N–H and O–H groups in total. The van der Waals surface area contributed by atoms with Crippen LogP contribution in [0.5, 0.6) is 0 Å². The third kappa shape index (κ3) is 2.36. The van der Waals surface area contributed by atoms with Gasteiger partial charge in [-0.05, 0) is 24.0 Å². The number of benzene rings is 1. The summed E-state index contributed by atoms with van der Waals surface area (Å²) in [4.78, 5) is 7.94. The van der Waals surface area contributed by atoms with E-state index in [0.29, 0.717) is 5.95 Å². The third-order valence-electron chi connectivity index (χ3n) is 3.36. The Bertz CT molecular complexity index is 575. The molecular formula is C14H15FN4. The molecule has 1 aromatic heterocycles. The molecule has 1 aromatic carbocycles. The number of halogens is 1. The summed E-state index contributed by atoms with van der Waals surface area (Å²) >= 11 is 0. The van der Waals surface area contributed by atoms with Gasteiger partial charge in [0, 0.05) is 13.1 Å². The van der Waals surface area contributed by atoms with Crippen molar-refractivity contribution in [3.05, 3.63) is 47.4 Å². The summed E-state index contributed by atoms with van der Waals surface area (Å²) < 4.78 is 13.7. The van der Waals surface area contributed by atoms with Gasteiger partial charge in [0.2, 0.25) is 5.95 Å². The van der Waals surface area contributed by atoms with Gasteiger partial charge in [-0.3, -0.25) is 0 Å². The van der Waals surface area contributed by atoms with Crippen LogP contribution >= 0.6 is 0 Å². The highest BCUT2D eigenvalue weighted by Crippen LogP contribution is 2.24. The van der Waals surface area contributed by atoms with E-state index in [-0.39, 0.29) is 11.9 Å². The predicted molar refractivity (Wildman–Crippen MR) is 72.8 cm³/mol. The van der Waals surface area contributed by atoms with Crippen molar-refractivity contribution in [2.75, 3.05) is 17.7 Å². The number of fused-ring (bicyclic) bond motifs is 1. The van der Waals surface area contributed by atoms with Crippen LogP contribution in [0.3, 0.4) is 0 Å². The van der Waals surface area contributed by atoms with Gasteiger partial charge in [0.05, 0.1) is 6.20 Å². The Labute approximate surface area is 111 Å². The van der Waals surface area contributed by atoms with Gasteiger partial charge in [-0.15, -0.1) is 0 Å². The Balaban J connectivity index is 1.77. The molecule has 0 fully saturated rings. The molecule has 1 aliphatic carbocycles. The van der Waals surface area contributed by atoms with E-state index in [2.05, 4.69) is 32.7 Å². The highest BCUT2D eigenvalue weighted by atomic mass is 19.1. The number of nitrogens with zero attached hydrogens (tertiary/aromatic N) is 2. The zero-order valence-corrected chi connectivity index (χ0v) is 10.7. The molecule has 0 atom stereocenters. The van der Waals surface area contributed by atoms with E-state index < -0.39 is 5.82 Å². The first kappa shape index (κ1) is 11.9. The lowest BCUT2D eigenvalue weighted by molar-refractivity contribution is 0.611. The SMILES string of the molecule is CNc1ncc(F)c(NC2Cc3ccccc3C2)n1. The average molecular weight is 258 g/mol. The fourth-order valence-electron chi connectivity index (χ4n) is 2.44. The van der Waals surface area contributed by atoms with Gasteiger partial charge in [-0.25, -0.2) is 9.37 Å². The van der Waals surface area contributed by atoms with E-state index in [1.54, 1.807) is 7.05 Å². The van der Waals surface area contributed by atoms with Crippen LogP contribution in [-0.2, 0) is 12.8 Å². The van der Waals surface area contributed by atoms with Gasteiger partial charge >= 0.3 is 0 Å². The van der Waals surface area contributed by atoms with Crippen LogP contribution in [0, 0.1) is 5.82 Å². The summed E-state index contributed by atoms with van der Waals surface area (Å²) in [5.41, 5.74) is 2.65. The second-order valence-electron chi connectivity index (χ2n) is 4.66. The number of rotatable bonds is 3. The van der Waals surface area contributed by atoms with Crippen molar-refractivity contribution in [2.24, 2.45) is 0 Å². The Kier molecular flexibility index (Phi) is 3.03. The molecule has 0 bridgehead atoms. The first-order chi connectivity index (χ1) is 9.26. The lowest BCUT2D eigenvalue weighted by atomic mass is 10.1. The van der Waals surface area contributed by atoms with Gasteiger partial charge in [0.25, 0.3) is 0 Å². The molecule has 3 rings (SSSR count). The van der Waals surface area contributed by atoms with Gasteiger partial charge in [-0.1, -0.05) is 24.3 Å². The molecule has 5 heteroatoms. The summed E-state index contributed by atoms with van der Waals surface area (Å²) in [7, 11) is 1.71. The fourth-order valence-corrected chi connectivity index (χ4v) is 2.44. The Morgan fingerprint density at radius 1 is 1.21 bits per heavy atom. The first-order valence-corrected chi connectivity index (χ1v) is 6.30. The summed E-state index contributed by atoms with van der Waals surface area (Å²) in [5.74, 6) is 0.256. The molecule has 0 unspecified atom stereocenters. The number of aromatic nitrogens is 2. The number of hydrogen-bond donors (Lipinski definition) is 2. The first-order valence-electron chi connectivity index (χ1n) is 6.30. The van der Waals surface area contributed by atoms with Crippen LogP contribution in [-0.4, -0.2) is 23.1 Å².